The summed E-state index contributed by atoms with van der Waals surface area (Å²) in [6.45, 7) is 0.363. The van der Waals surface area contributed by atoms with E-state index in [1.807, 2.05) is 30.3 Å². The Kier molecular flexibility index (Phi) is 5.14. The topological polar surface area (TPSA) is 86.7 Å². The second-order valence-corrected chi connectivity index (χ2v) is 6.87. The van der Waals surface area contributed by atoms with Gasteiger partial charge in [-0.2, -0.15) is 0 Å². The van der Waals surface area contributed by atoms with E-state index < -0.39 is 11.9 Å². The highest BCUT2D eigenvalue weighted by Gasteiger charge is 2.40. The lowest BCUT2D eigenvalue weighted by atomic mass is 9.89. The van der Waals surface area contributed by atoms with Crippen LogP contribution in [-0.2, 0) is 9.59 Å². The van der Waals surface area contributed by atoms with Gasteiger partial charge in [0, 0.05) is 19.0 Å². The highest BCUT2D eigenvalue weighted by Crippen LogP contribution is 2.32. The number of carboxylic acid groups (broad SMARTS) is 1. The molecule has 0 unspecified atom stereocenters. The zero-order valence-corrected chi connectivity index (χ0v) is 14.2. The lowest BCUT2D eigenvalue weighted by molar-refractivity contribution is -0.141. The summed E-state index contributed by atoms with van der Waals surface area (Å²) in [6, 6.07) is 12.8. The maximum atomic E-state index is 12.4. The van der Waals surface area contributed by atoms with E-state index in [2.05, 4.69) is 5.32 Å². The number of thiophene rings is 1. The molecule has 0 saturated carbocycles. The lowest BCUT2D eigenvalue weighted by Gasteiger charge is -2.16. The summed E-state index contributed by atoms with van der Waals surface area (Å²) in [6.07, 6.45) is 0. The quantitative estimate of drug-likeness (QED) is 0.853. The summed E-state index contributed by atoms with van der Waals surface area (Å²) < 4.78 is 0. The molecule has 0 aliphatic carbocycles. The molecule has 6 nitrogen and oxygen atoms in total. The molecular formula is C18H18N2O4S. The van der Waals surface area contributed by atoms with Crippen LogP contribution in [0, 0.1) is 5.92 Å². The van der Waals surface area contributed by atoms with Crippen LogP contribution in [0.15, 0.2) is 47.8 Å². The van der Waals surface area contributed by atoms with Gasteiger partial charge in [-0.15, -0.1) is 11.3 Å². The first-order valence-electron chi connectivity index (χ1n) is 7.93. The van der Waals surface area contributed by atoms with Crippen molar-refractivity contribution in [3.8, 4) is 0 Å². The number of nitrogens with zero attached hydrogens (tertiary/aromatic N) is 1. The zero-order chi connectivity index (χ0) is 17.8. The first kappa shape index (κ1) is 17.2. The Balaban J connectivity index is 1.63. The molecule has 1 aromatic carbocycles. The van der Waals surface area contributed by atoms with Crippen LogP contribution in [0.5, 0.6) is 0 Å². The fraction of sp³-hybridized carbons (Fsp3) is 0.278. The summed E-state index contributed by atoms with van der Waals surface area (Å²) in [4.78, 5) is 37.9. The molecule has 0 radical (unpaired) electrons. The van der Waals surface area contributed by atoms with Gasteiger partial charge in [0.15, 0.2) is 0 Å². The molecule has 3 rings (SSSR count). The zero-order valence-electron chi connectivity index (χ0n) is 13.4. The van der Waals surface area contributed by atoms with Gasteiger partial charge in [0.1, 0.15) is 0 Å². The van der Waals surface area contributed by atoms with Gasteiger partial charge in [-0.25, -0.2) is 0 Å². The number of rotatable bonds is 5. The number of hydrogen-bond donors (Lipinski definition) is 2. The molecule has 130 valence electrons. The minimum absolute atomic E-state index is 0.134. The SMILES string of the molecule is O=C(NCC(=O)N1C[C@H](c2ccccc2)[C@H](C(=O)O)C1)c1cccs1. The van der Waals surface area contributed by atoms with Crippen LogP contribution < -0.4 is 5.32 Å². The molecule has 2 atom stereocenters. The Labute approximate surface area is 149 Å². The minimum atomic E-state index is -0.910. The van der Waals surface area contributed by atoms with Crippen molar-refractivity contribution in [2.24, 2.45) is 5.92 Å². The first-order valence-corrected chi connectivity index (χ1v) is 8.81. The fourth-order valence-electron chi connectivity index (χ4n) is 3.06. The van der Waals surface area contributed by atoms with Gasteiger partial charge in [-0.3, -0.25) is 14.4 Å². The third-order valence-electron chi connectivity index (χ3n) is 4.36. The van der Waals surface area contributed by atoms with Gasteiger partial charge in [-0.1, -0.05) is 36.4 Å². The van der Waals surface area contributed by atoms with E-state index in [1.54, 1.807) is 17.5 Å². The highest BCUT2D eigenvalue weighted by atomic mass is 32.1. The number of carboxylic acids is 1. The number of amides is 2. The third kappa shape index (κ3) is 3.88. The number of benzene rings is 1. The number of aliphatic carboxylic acids is 1. The van der Waals surface area contributed by atoms with Gasteiger partial charge in [-0.05, 0) is 17.0 Å². The van der Waals surface area contributed by atoms with Crippen LogP contribution >= 0.6 is 11.3 Å². The smallest absolute Gasteiger partial charge is 0.308 e. The predicted octanol–water partition coefficient (Wildman–Crippen LogP) is 1.80. The van der Waals surface area contributed by atoms with E-state index in [-0.39, 0.29) is 30.8 Å². The molecule has 1 aromatic heterocycles. The third-order valence-corrected chi connectivity index (χ3v) is 5.23. The monoisotopic (exact) mass is 358 g/mol. The van der Waals surface area contributed by atoms with E-state index in [0.29, 0.717) is 11.4 Å². The van der Waals surface area contributed by atoms with E-state index >= 15 is 0 Å². The van der Waals surface area contributed by atoms with E-state index in [4.69, 9.17) is 0 Å². The molecule has 0 spiro atoms. The Morgan fingerprint density at radius 1 is 1.12 bits per heavy atom. The molecule has 1 fully saturated rings. The molecule has 2 amide bonds. The summed E-state index contributed by atoms with van der Waals surface area (Å²) in [7, 11) is 0. The normalized spacial score (nSPS) is 19.6. The number of hydrogen-bond acceptors (Lipinski definition) is 4. The molecule has 2 N–H and O–H groups in total. The fourth-order valence-corrected chi connectivity index (χ4v) is 3.70. The lowest BCUT2D eigenvalue weighted by Crippen LogP contribution is -2.39. The van der Waals surface area contributed by atoms with Gasteiger partial charge in [0.2, 0.25) is 5.91 Å². The Bertz CT molecular complexity index is 761. The van der Waals surface area contributed by atoms with Crippen molar-refractivity contribution in [3.63, 3.8) is 0 Å². The first-order chi connectivity index (χ1) is 12.1. The minimum Gasteiger partial charge on any atom is -0.481 e. The molecule has 2 aromatic rings. The molecule has 1 saturated heterocycles. The van der Waals surface area contributed by atoms with Crippen molar-refractivity contribution in [1.29, 1.82) is 0 Å². The summed E-state index contributed by atoms with van der Waals surface area (Å²) >= 11 is 1.30. The molecule has 25 heavy (non-hydrogen) atoms. The summed E-state index contributed by atoms with van der Waals surface area (Å²) in [5.74, 6) is -2.35. The number of carbonyl (C=O) groups is 3. The van der Waals surface area contributed by atoms with E-state index in [1.165, 1.54) is 16.2 Å². The van der Waals surface area contributed by atoms with Crippen molar-refractivity contribution >= 4 is 29.1 Å². The van der Waals surface area contributed by atoms with Crippen LogP contribution in [0.2, 0.25) is 0 Å². The number of carbonyl (C=O) groups excluding carboxylic acids is 2. The summed E-state index contributed by atoms with van der Waals surface area (Å²) in [5, 5.41) is 13.9. The molecule has 7 heteroatoms. The number of likely N-dealkylation sites (tertiary alicyclic amines) is 1. The molecule has 2 heterocycles. The molecule has 0 bridgehead atoms. The molecular weight excluding hydrogens is 340 g/mol. The van der Waals surface area contributed by atoms with Gasteiger partial charge in [0.05, 0.1) is 17.3 Å². The van der Waals surface area contributed by atoms with Crippen molar-refractivity contribution < 1.29 is 19.5 Å². The van der Waals surface area contributed by atoms with E-state index in [0.717, 1.165) is 5.56 Å². The van der Waals surface area contributed by atoms with Crippen LogP contribution in [0.4, 0.5) is 0 Å². The standard InChI is InChI=1S/C18H18N2O4S/c21-16(9-19-17(22)15-7-4-8-25-15)20-10-13(14(11-20)18(23)24)12-5-2-1-3-6-12/h1-8,13-14H,9-11H2,(H,19,22)(H,23,24)/t13-,14-/m1/s1. The predicted molar refractivity (Wildman–Crippen MR) is 93.5 cm³/mol. The van der Waals surface area contributed by atoms with Crippen molar-refractivity contribution in [3.05, 3.63) is 58.3 Å². The maximum absolute atomic E-state index is 12.4. The van der Waals surface area contributed by atoms with Crippen molar-refractivity contribution in [2.75, 3.05) is 19.6 Å². The number of nitrogens with one attached hydrogen (secondary N) is 1. The van der Waals surface area contributed by atoms with Crippen LogP contribution in [0.1, 0.15) is 21.2 Å². The maximum Gasteiger partial charge on any atom is 0.308 e. The highest BCUT2D eigenvalue weighted by molar-refractivity contribution is 7.12. The Morgan fingerprint density at radius 3 is 2.52 bits per heavy atom. The second kappa shape index (κ2) is 7.48. The van der Waals surface area contributed by atoms with Gasteiger partial charge < -0.3 is 15.3 Å². The Morgan fingerprint density at radius 2 is 1.88 bits per heavy atom. The van der Waals surface area contributed by atoms with Gasteiger partial charge >= 0.3 is 5.97 Å². The average Bonchev–Trinajstić information content (AvgIpc) is 3.29. The average molecular weight is 358 g/mol. The largest absolute Gasteiger partial charge is 0.481 e. The van der Waals surface area contributed by atoms with Crippen LogP contribution in [0.25, 0.3) is 0 Å². The Hall–Kier alpha value is -2.67. The van der Waals surface area contributed by atoms with E-state index in [9.17, 15) is 19.5 Å². The molecule has 1 aliphatic heterocycles. The van der Waals surface area contributed by atoms with Gasteiger partial charge in [0.25, 0.3) is 5.91 Å². The molecule has 1 aliphatic rings. The summed E-state index contributed by atoms with van der Waals surface area (Å²) in [5.41, 5.74) is 0.910. The van der Waals surface area contributed by atoms with Crippen molar-refractivity contribution in [2.45, 2.75) is 5.92 Å². The van der Waals surface area contributed by atoms with Crippen LogP contribution in [-0.4, -0.2) is 47.4 Å². The van der Waals surface area contributed by atoms with Crippen molar-refractivity contribution in [1.82, 2.24) is 10.2 Å². The second-order valence-electron chi connectivity index (χ2n) is 5.92. The van der Waals surface area contributed by atoms with Crippen LogP contribution in [0.3, 0.4) is 0 Å².